The van der Waals surface area contributed by atoms with Crippen molar-refractivity contribution in [3.8, 4) is 17.4 Å². The minimum Gasteiger partial charge on any atom is -0.439 e. The molecule has 0 atom stereocenters. The molecule has 0 spiro atoms. The Balaban J connectivity index is 1.46. The van der Waals surface area contributed by atoms with Crippen molar-refractivity contribution >= 4 is 11.6 Å². The summed E-state index contributed by atoms with van der Waals surface area (Å²) < 4.78 is 7.63. The molecule has 0 aliphatic heterocycles. The number of amides is 1. The zero-order valence-electron chi connectivity index (χ0n) is 13.7. The smallest absolute Gasteiger partial charge is 0.227 e. The van der Waals surface area contributed by atoms with Crippen LogP contribution in [-0.2, 0) is 4.79 Å². The average molecular weight is 335 g/mol. The molecule has 2 aromatic heterocycles. The normalized spacial score (nSPS) is 13.5. The number of nitrogens with one attached hydrogen (secondary N) is 1. The summed E-state index contributed by atoms with van der Waals surface area (Å²) in [6.07, 6.45) is 6.97. The number of imidazole rings is 1. The van der Waals surface area contributed by atoms with Gasteiger partial charge in [0.25, 0.3) is 0 Å². The van der Waals surface area contributed by atoms with Crippen molar-refractivity contribution in [3.05, 3.63) is 54.9 Å². The van der Waals surface area contributed by atoms with Crippen molar-refractivity contribution in [1.82, 2.24) is 19.5 Å². The predicted molar refractivity (Wildman–Crippen MR) is 91.8 cm³/mol. The van der Waals surface area contributed by atoms with Gasteiger partial charge in [-0.15, -0.1) is 0 Å². The fourth-order valence-corrected chi connectivity index (χ4v) is 2.45. The number of hydrogen-bond donors (Lipinski definition) is 1. The number of carbonyl (C=O) groups excluding carboxylic acids is 1. The van der Waals surface area contributed by atoms with Crippen LogP contribution in [-0.4, -0.2) is 25.4 Å². The number of aryl methyl sites for hydroxylation is 1. The minimum absolute atomic E-state index is 0.0878. The molecule has 2 heterocycles. The molecule has 1 saturated carbocycles. The van der Waals surface area contributed by atoms with E-state index in [-0.39, 0.29) is 11.8 Å². The molecule has 25 heavy (non-hydrogen) atoms. The lowest BCUT2D eigenvalue weighted by molar-refractivity contribution is -0.117. The first kappa shape index (κ1) is 15.3. The summed E-state index contributed by atoms with van der Waals surface area (Å²) in [7, 11) is 0. The molecule has 1 amide bonds. The zero-order chi connectivity index (χ0) is 17.2. The number of anilines is 1. The van der Waals surface area contributed by atoms with E-state index in [1.807, 2.05) is 29.8 Å². The highest BCUT2D eigenvalue weighted by Crippen LogP contribution is 2.30. The third-order valence-electron chi connectivity index (χ3n) is 3.99. The number of rotatable bonds is 5. The molecule has 1 aliphatic rings. The zero-order valence-corrected chi connectivity index (χ0v) is 13.7. The molecule has 7 nitrogen and oxygen atoms in total. The summed E-state index contributed by atoms with van der Waals surface area (Å²) in [6, 6.07) is 8.98. The molecule has 3 aromatic rings. The topological polar surface area (TPSA) is 81.9 Å². The Labute approximate surface area is 144 Å². The summed E-state index contributed by atoms with van der Waals surface area (Å²) in [5.74, 6) is 2.87. The fraction of sp³-hybridized carbons (Fsp3) is 0.222. The molecule has 4 rings (SSSR count). The van der Waals surface area contributed by atoms with E-state index in [1.165, 1.54) is 6.33 Å². The van der Waals surface area contributed by atoms with Crippen molar-refractivity contribution in [2.75, 3.05) is 5.32 Å². The Morgan fingerprint density at radius 3 is 2.68 bits per heavy atom. The first-order valence-corrected chi connectivity index (χ1v) is 8.10. The molecule has 0 radical (unpaired) electrons. The Kier molecular flexibility index (Phi) is 3.89. The van der Waals surface area contributed by atoms with E-state index < -0.39 is 0 Å². The van der Waals surface area contributed by atoms with E-state index in [0.717, 1.165) is 24.4 Å². The van der Waals surface area contributed by atoms with E-state index in [1.54, 1.807) is 24.4 Å². The van der Waals surface area contributed by atoms with E-state index in [9.17, 15) is 4.79 Å². The van der Waals surface area contributed by atoms with Crippen LogP contribution in [0.4, 0.5) is 5.69 Å². The molecule has 126 valence electrons. The highest BCUT2D eigenvalue weighted by molar-refractivity contribution is 5.94. The Bertz CT molecular complexity index is 900. The van der Waals surface area contributed by atoms with Crippen LogP contribution < -0.4 is 10.1 Å². The first-order chi connectivity index (χ1) is 12.2. The van der Waals surface area contributed by atoms with Crippen molar-refractivity contribution in [3.63, 3.8) is 0 Å². The lowest BCUT2D eigenvalue weighted by atomic mass is 10.3. The van der Waals surface area contributed by atoms with Gasteiger partial charge in [0.05, 0.1) is 0 Å². The van der Waals surface area contributed by atoms with Crippen LogP contribution in [0.3, 0.4) is 0 Å². The molecule has 1 fully saturated rings. The lowest BCUT2D eigenvalue weighted by Crippen LogP contribution is -2.12. The maximum absolute atomic E-state index is 11.8. The monoisotopic (exact) mass is 335 g/mol. The van der Waals surface area contributed by atoms with Gasteiger partial charge in [-0.3, -0.25) is 9.36 Å². The molecule has 1 N–H and O–H groups in total. The highest BCUT2D eigenvalue weighted by atomic mass is 16.5. The van der Waals surface area contributed by atoms with Crippen molar-refractivity contribution in [2.24, 2.45) is 5.92 Å². The van der Waals surface area contributed by atoms with Crippen LogP contribution in [0.1, 0.15) is 18.7 Å². The van der Waals surface area contributed by atoms with Crippen molar-refractivity contribution in [2.45, 2.75) is 19.8 Å². The molecule has 0 saturated heterocycles. The van der Waals surface area contributed by atoms with Crippen LogP contribution in [0, 0.1) is 12.8 Å². The lowest BCUT2D eigenvalue weighted by Gasteiger charge is -2.09. The van der Waals surface area contributed by atoms with Gasteiger partial charge in [-0.2, -0.15) is 0 Å². The summed E-state index contributed by atoms with van der Waals surface area (Å²) in [5, 5.41) is 2.90. The average Bonchev–Trinajstić information content (AvgIpc) is 3.38. The Morgan fingerprint density at radius 1 is 1.20 bits per heavy atom. The molecule has 1 aromatic carbocycles. The van der Waals surface area contributed by atoms with Gasteiger partial charge < -0.3 is 10.1 Å². The van der Waals surface area contributed by atoms with Gasteiger partial charge in [-0.25, -0.2) is 15.0 Å². The maximum Gasteiger partial charge on any atom is 0.227 e. The van der Waals surface area contributed by atoms with Gasteiger partial charge in [0.1, 0.15) is 23.7 Å². The Morgan fingerprint density at radius 2 is 2.00 bits per heavy atom. The standard InChI is InChI=1S/C18H17N5O2/c1-12-19-8-9-23(12)16-10-17(21-11-20-16)25-15-6-4-14(5-7-15)22-18(24)13-2-3-13/h4-11,13H,2-3H2,1H3,(H,22,24). The number of carbonyl (C=O) groups is 1. The second-order valence-electron chi connectivity index (χ2n) is 5.95. The molecule has 0 unspecified atom stereocenters. The number of nitrogens with zero attached hydrogens (tertiary/aromatic N) is 4. The number of hydrogen-bond acceptors (Lipinski definition) is 5. The van der Waals surface area contributed by atoms with Crippen LogP contribution in [0.2, 0.25) is 0 Å². The highest BCUT2D eigenvalue weighted by Gasteiger charge is 2.29. The van der Waals surface area contributed by atoms with E-state index in [4.69, 9.17) is 4.74 Å². The first-order valence-electron chi connectivity index (χ1n) is 8.10. The summed E-state index contributed by atoms with van der Waals surface area (Å²) in [6.45, 7) is 1.90. The molecular formula is C18H17N5O2. The quantitative estimate of drug-likeness (QED) is 0.775. The molecular weight excluding hydrogens is 318 g/mol. The Hall–Kier alpha value is -3.22. The molecule has 1 aliphatic carbocycles. The minimum atomic E-state index is 0.0878. The molecule has 7 heteroatoms. The maximum atomic E-state index is 11.8. The third-order valence-corrected chi connectivity index (χ3v) is 3.99. The van der Waals surface area contributed by atoms with Crippen LogP contribution in [0.15, 0.2) is 49.1 Å². The largest absolute Gasteiger partial charge is 0.439 e. The van der Waals surface area contributed by atoms with Crippen LogP contribution in [0.5, 0.6) is 11.6 Å². The second kappa shape index (κ2) is 6.35. The van der Waals surface area contributed by atoms with Crippen LogP contribution >= 0.6 is 0 Å². The second-order valence-corrected chi connectivity index (χ2v) is 5.95. The summed E-state index contributed by atoms with van der Waals surface area (Å²) in [4.78, 5) is 24.3. The van der Waals surface area contributed by atoms with Gasteiger partial charge in [-0.05, 0) is 44.0 Å². The van der Waals surface area contributed by atoms with Gasteiger partial charge in [0.2, 0.25) is 11.8 Å². The number of benzene rings is 1. The van der Waals surface area contributed by atoms with Gasteiger partial charge in [0, 0.05) is 30.1 Å². The van der Waals surface area contributed by atoms with E-state index >= 15 is 0 Å². The van der Waals surface area contributed by atoms with Gasteiger partial charge in [-0.1, -0.05) is 0 Å². The van der Waals surface area contributed by atoms with Gasteiger partial charge >= 0.3 is 0 Å². The molecule has 0 bridgehead atoms. The SMILES string of the molecule is Cc1nccn1-c1cc(Oc2ccc(NC(=O)C3CC3)cc2)ncn1. The van der Waals surface area contributed by atoms with Crippen molar-refractivity contribution in [1.29, 1.82) is 0 Å². The van der Waals surface area contributed by atoms with E-state index in [0.29, 0.717) is 17.4 Å². The van der Waals surface area contributed by atoms with E-state index in [2.05, 4.69) is 20.3 Å². The van der Waals surface area contributed by atoms with Gasteiger partial charge in [0.15, 0.2) is 0 Å². The number of ether oxygens (including phenoxy) is 1. The number of aromatic nitrogens is 4. The van der Waals surface area contributed by atoms with Crippen molar-refractivity contribution < 1.29 is 9.53 Å². The summed E-state index contributed by atoms with van der Waals surface area (Å²) in [5.41, 5.74) is 0.765. The predicted octanol–water partition coefficient (Wildman–Crippen LogP) is 3.11. The summed E-state index contributed by atoms with van der Waals surface area (Å²) >= 11 is 0. The van der Waals surface area contributed by atoms with Crippen LogP contribution in [0.25, 0.3) is 5.82 Å². The third kappa shape index (κ3) is 3.50. The fourth-order valence-electron chi connectivity index (χ4n) is 2.45.